The molecule has 1 saturated heterocycles. The molecule has 0 unspecified atom stereocenters. The minimum Gasteiger partial charge on any atom is -0.372 e. The first-order valence-corrected chi connectivity index (χ1v) is 11.2. The van der Waals surface area contributed by atoms with Crippen molar-refractivity contribution in [3.05, 3.63) is 52.9 Å². The van der Waals surface area contributed by atoms with E-state index in [4.69, 9.17) is 0 Å². The lowest BCUT2D eigenvalue weighted by molar-refractivity contribution is -0.179. The van der Waals surface area contributed by atoms with Crippen LogP contribution < -0.4 is 15.9 Å². The number of imidazole rings is 1. The Bertz CT molecular complexity index is 1160. The quantitative estimate of drug-likeness (QED) is 0.590. The molecule has 0 spiro atoms. The summed E-state index contributed by atoms with van der Waals surface area (Å²) in [4.78, 5) is 16.7. The monoisotopic (exact) mass is 461 g/mol. The molecule has 2 heterocycles. The van der Waals surface area contributed by atoms with Crippen molar-refractivity contribution in [3.8, 4) is 0 Å². The number of nitrogens with one attached hydrogen (secondary N) is 1. The number of anilines is 3. The first-order valence-electron chi connectivity index (χ1n) is 11.2. The summed E-state index contributed by atoms with van der Waals surface area (Å²) in [7, 11) is 5.74. The lowest BCUT2D eigenvalue weighted by atomic mass is 9.96. The molecule has 0 radical (unpaired) electrons. The summed E-state index contributed by atoms with van der Waals surface area (Å²) in [6, 6.07) is 13.6. The number of fused-ring (bicyclic) bond motifs is 1. The van der Waals surface area contributed by atoms with Crippen molar-refractivity contribution < 1.29 is 13.2 Å². The lowest BCUT2D eigenvalue weighted by Gasteiger charge is -2.34. The van der Waals surface area contributed by atoms with Crippen molar-refractivity contribution in [3.63, 3.8) is 0 Å². The van der Waals surface area contributed by atoms with E-state index in [1.165, 1.54) is 0 Å². The molecule has 6 nitrogen and oxygen atoms in total. The zero-order chi connectivity index (χ0) is 23.8. The second-order valence-corrected chi connectivity index (χ2v) is 8.97. The first-order chi connectivity index (χ1) is 15.6. The predicted octanol–water partition coefficient (Wildman–Crippen LogP) is 4.42. The van der Waals surface area contributed by atoms with E-state index in [1.54, 1.807) is 16.2 Å². The van der Waals surface area contributed by atoms with Gasteiger partial charge in [-0.15, -0.1) is 0 Å². The van der Waals surface area contributed by atoms with Crippen LogP contribution in [0.1, 0.15) is 12.8 Å². The van der Waals surface area contributed by atoms with E-state index >= 15 is 0 Å². The highest BCUT2D eigenvalue weighted by atomic mass is 19.4. The fourth-order valence-electron chi connectivity index (χ4n) is 4.39. The molecular formula is C24H30F3N5O. The Labute approximate surface area is 191 Å². The van der Waals surface area contributed by atoms with Crippen molar-refractivity contribution in [1.82, 2.24) is 14.0 Å². The van der Waals surface area contributed by atoms with Gasteiger partial charge in [0.2, 0.25) is 0 Å². The van der Waals surface area contributed by atoms with Gasteiger partial charge in [-0.05, 0) is 69.4 Å². The third kappa shape index (κ3) is 5.03. The number of rotatable bonds is 6. The smallest absolute Gasteiger partial charge is 0.372 e. The highest BCUT2D eigenvalue weighted by molar-refractivity contribution is 5.81. The van der Waals surface area contributed by atoms with Gasteiger partial charge in [0.15, 0.2) is 0 Å². The SMILES string of the molecule is CN(C)CCn1c(=O)n(C)c2cc(Nc3ccc(N4CCC(C(F)(F)F)CC4)cc3)ccc21. The van der Waals surface area contributed by atoms with Crippen molar-refractivity contribution in [1.29, 1.82) is 0 Å². The minimum atomic E-state index is -4.10. The maximum absolute atomic E-state index is 12.9. The molecule has 9 heteroatoms. The van der Waals surface area contributed by atoms with Gasteiger partial charge in [0.25, 0.3) is 0 Å². The van der Waals surface area contributed by atoms with Gasteiger partial charge in [0.05, 0.1) is 17.0 Å². The fraction of sp³-hybridized carbons (Fsp3) is 0.458. The number of aromatic nitrogens is 2. The van der Waals surface area contributed by atoms with Gasteiger partial charge in [-0.2, -0.15) is 13.2 Å². The number of likely N-dealkylation sites (N-methyl/N-ethyl adjacent to an activating group) is 1. The van der Waals surface area contributed by atoms with Gasteiger partial charge in [-0.25, -0.2) is 4.79 Å². The Kier molecular flexibility index (Phi) is 6.43. The molecule has 0 saturated carbocycles. The van der Waals surface area contributed by atoms with Gasteiger partial charge in [-0.3, -0.25) is 9.13 Å². The molecule has 0 aliphatic carbocycles. The van der Waals surface area contributed by atoms with Gasteiger partial charge in [0.1, 0.15) is 0 Å². The summed E-state index contributed by atoms with van der Waals surface area (Å²) in [5.74, 6) is -1.20. The zero-order valence-electron chi connectivity index (χ0n) is 19.2. The number of aryl methyl sites for hydroxylation is 1. The van der Waals surface area contributed by atoms with Gasteiger partial charge >= 0.3 is 11.9 Å². The van der Waals surface area contributed by atoms with Gasteiger partial charge < -0.3 is 15.1 Å². The van der Waals surface area contributed by atoms with Gasteiger partial charge in [0, 0.05) is 50.3 Å². The Balaban J connectivity index is 1.45. The molecule has 178 valence electrons. The van der Waals surface area contributed by atoms with E-state index in [2.05, 4.69) is 5.32 Å². The van der Waals surface area contributed by atoms with Crippen molar-refractivity contribution >= 4 is 28.1 Å². The van der Waals surface area contributed by atoms with Crippen LogP contribution in [0.5, 0.6) is 0 Å². The molecule has 33 heavy (non-hydrogen) atoms. The highest BCUT2D eigenvalue weighted by Crippen LogP contribution is 2.35. The second kappa shape index (κ2) is 9.13. The Morgan fingerprint density at radius 3 is 2.24 bits per heavy atom. The Hall–Kier alpha value is -2.94. The number of nitrogens with zero attached hydrogens (tertiary/aromatic N) is 4. The maximum Gasteiger partial charge on any atom is 0.391 e. The molecule has 0 atom stereocenters. The van der Waals surface area contributed by atoms with E-state index in [1.807, 2.05) is 66.4 Å². The van der Waals surface area contributed by atoms with E-state index in [0.717, 1.165) is 34.6 Å². The van der Waals surface area contributed by atoms with Crippen LogP contribution in [0.25, 0.3) is 11.0 Å². The first kappa shape index (κ1) is 23.2. The summed E-state index contributed by atoms with van der Waals surface area (Å²) < 4.78 is 42.1. The molecular weight excluding hydrogens is 431 g/mol. The molecule has 4 rings (SSSR count). The Morgan fingerprint density at radius 2 is 1.64 bits per heavy atom. The zero-order valence-corrected chi connectivity index (χ0v) is 19.2. The fourth-order valence-corrected chi connectivity index (χ4v) is 4.39. The molecule has 3 aromatic rings. The van der Waals surface area contributed by atoms with Gasteiger partial charge in [-0.1, -0.05) is 0 Å². The van der Waals surface area contributed by atoms with Crippen molar-refractivity contribution in [2.24, 2.45) is 13.0 Å². The third-order valence-electron chi connectivity index (χ3n) is 6.40. The molecule has 2 aromatic carbocycles. The van der Waals surface area contributed by atoms with Crippen LogP contribution in [0, 0.1) is 5.92 Å². The summed E-state index contributed by atoms with van der Waals surface area (Å²) >= 11 is 0. The average molecular weight is 462 g/mol. The number of hydrogen-bond acceptors (Lipinski definition) is 4. The van der Waals surface area contributed by atoms with E-state index in [0.29, 0.717) is 19.6 Å². The lowest BCUT2D eigenvalue weighted by Crippen LogP contribution is -2.38. The van der Waals surface area contributed by atoms with E-state index in [9.17, 15) is 18.0 Å². The summed E-state index contributed by atoms with van der Waals surface area (Å²) in [5, 5.41) is 3.36. The van der Waals surface area contributed by atoms with E-state index < -0.39 is 12.1 Å². The topological polar surface area (TPSA) is 45.4 Å². The molecule has 1 aliphatic rings. The molecule has 1 N–H and O–H groups in total. The number of hydrogen-bond donors (Lipinski definition) is 1. The standard InChI is InChI=1S/C24H30F3N5O/c1-29(2)14-15-32-21-9-6-19(16-22(21)30(3)23(32)33)28-18-4-7-20(8-5-18)31-12-10-17(11-13-31)24(25,26)27/h4-9,16-17,28H,10-15H2,1-3H3. The largest absolute Gasteiger partial charge is 0.391 e. The minimum absolute atomic E-state index is 0.0392. The highest BCUT2D eigenvalue weighted by Gasteiger charge is 2.41. The summed E-state index contributed by atoms with van der Waals surface area (Å²) in [6.07, 6.45) is -3.83. The molecule has 1 fully saturated rings. The molecule has 1 aromatic heterocycles. The van der Waals surface area contributed by atoms with Crippen LogP contribution in [-0.2, 0) is 13.6 Å². The average Bonchev–Trinajstić information content (AvgIpc) is 3.02. The number of halogens is 3. The van der Waals surface area contributed by atoms with Crippen LogP contribution >= 0.6 is 0 Å². The Morgan fingerprint density at radius 1 is 1.00 bits per heavy atom. The molecule has 0 bridgehead atoms. The summed E-state index contributed by atoms with van der Waals surface area (Å²) in [6.45, 7) is 2.22. The number of piperidine rings is 1. The molecule has 1 aliphatic heterocycles. The summed E-state index contributed by atoms with van der Waals surface area (Å²) in [5.41, 5.74) is 4.38. The normalized spacial score (nSPS) is 15.5. The van der Waals surface area contributed by atoms with Crippen LogP contribution in [0.3, 0.4) is 0 Å². The molecule has 0 amide bonds. The van der Waals surface area contributed by atoms with Crippen molar-refractivity contribution in [2.75, 3.05) is 43.9 Å². The number of benzene rings is 2. The third-order valence-corrected chi connectivity index (χ3v) is 6.40. The van der Waals surface area contributed by atoms with Crippen LogP contribution in [0.2, 0.25) is 0 Å². The van der Waals surface area contributed by atoms with Crippen molar-refractivity contribution in [2.45, 2.75) is 25.6 Å². The maximum atomic E-state index is 12.9. The second-order valence-electron chi connectivity index (χ2n) is 8.97. The van der Waals surface area contributed by atoms with Crippen LogP contribution in [0.4, 0.5) is 30.2 Å². The van der Waals surface area contributed by atoms with Crippen LogP contribution in [-0.4, -0.2) is 53.9 Å². The van der Waals surface area contributed by atoms with Crippen LogP contribution in [0.15, 0.2) is 47.3 Å². The predicted molar refractivity (Wildman–Crippen MR) is 126 cm³/mol. The van der Waals surface area contributed by atoms with E-state index in [-0.39, 0.29) is 18.5 Å². The number of alkyl halides is 3.